The number of nitrogens with one attached hydrogen (secondary N) is 2. The number of anilines is 2. The minimum absolute atomic E-state index is 0.643. The van der Waals surface area contributed by atoms with E-state index in [-0.39, 0.29) is 0 Å². The molecule has 19 heavy (non-hydrogen) atoms. The van der Waals surface area contributed by atoms with Crippen molar-refractivity contribution in [3.05, 3.63) is 45.7 Å². The maximum atomic E-state index is 5.44. The lowest BCUT2D eigenvalue weighted by atomic mass is 10.2. The number of nitrogens with zero attached hydrogens (tertiary/aromatic N) is 2. The summed E-state index contributed by atoms with van der Waals surface area (Å²) >= 11 is 3.46. The molecular weight excluding hydrogens is 306 g/mol. The lowest BCUT2D eigenvalue weighted by Gasteiger charge is -2.12. The van der Waals surface area contributed by atoms with Gasteiger partial charge in [0.2, 0.25) is 0 Å². The maximum absolute atomic E-state index is 5.44. The fourth-order valence-corrected chi connectivity index (χ4v) is 2.22. The molecule has 1 aromatic heterocycles. The first-order valence-corrected chi connectivity index (χ1v) is 6.69. The van der Waals surface area contributed by atoms with Gasteiger partial charge in [-0.25, -0.2) is 15.8 Å². The van der Waals surface area contributed by atoms with Crippen molar-refractivity contribution in [3.8, 4) is 0 Å². The number of aryl methyl sites for hydroxylation is 1. The zero-order valence-electron chi connectivity index (χ0n) is 10.9. The highest BCUT2D eigenvalue weighted by molar-refractivity contribution is 9.10. The molecule has 0 atom stereocenters. The Bertz CT molecular complexity index is 585. The number of hydrazine groups is 1. The van der Waals surface area contributed by atoms with Crippen LogP contribution in [-0.4, -0.2) is 9.97 Å². The van der Waals surface area contributed by atoms with Crippen LogP contribution in [0.25, 0.3) is 0 Å². The van der Waals surface area contributed by atoms with E-state index in [1.54, 1.807) is 0 Å². The molecule has 1 aromatic carbocycles. The molecule has 6 heteroatoms. The molecule has 0 amide bonds. The topological polar surface area (TPSA) is 75.9 Å². The molecule has 4 N–H and O–H groups in total. The molecule has 0 fully saturated rings. The standard InChI is InChI=1S/C13H16BrN5/c1-8-12(17-9(2)18-13(8)19-15)16-7-10-4-3-5-11(14)6-10/h3-6H,7,15H2,1-2H3,(H2,16,17,18,19). The Balaban J connectivity index is 2.17. The summed E-state index contributed by atoms with van der Waals surface area (Å²) in [5.41, 5.74) is 4.66. The first-order valence-electron chi connectivity index (χ1n) is 5.90. The molecule has 100 valence electrons. The van der Waals surface area contributed by atoms with E-state index in [0.29, 0.717) is 18.2 Å². The van der Waals surface area contributed by atoms with E-state index in [4.69, 9.17) is 5.84 Å². The summed E-state index contributed by atoms with van der Waals surface area (Å²) in [6, 6.07) is 8.13. The van der Waals surface area contributed by atoms with Gasteiger partial charge >= 0.3 is 0 Å². The summed E-state index contributed by atoms with van der Waals surface area (Å²) in [5, 5.41) is 3.30. The van der Waals surface area contributed by atoms with Crippen LogP contribution in [0.5, 0.6) is 0 Å². The van der Waals surface area contributed by atoms with Crippen LogP contribution in [0.1, 0.15) is 17.0 Å². The van der Waals surface area contributed by atoms with Crippen LogP contribution < -0.4 is 16.6 Å². The van der Waals surface area contributed by atoms with Gasteiger partial charge in [-0.3, -0.25) is 0 Å². The average Bonchev–Trinajstić information content (AvgIpc) is 2.39. The second-order valence-electron chi connectivity index (χ2n) is 4.22. The fourth-order valence-electron chi connectivity index (χ4n) is 1.77. The van der Waals surface area contributed by atoms with E-state index in [2.05, 4.69) is 48.8 Å². The lowest BCUT2D eigenvalue weighted by molar-refractivity contribution is 0.997. The van der Waals surface area contributed by atoms with Crippen LogP contribution in [0.2, 0.25) is 0 Å². The molecule has 2 rings (SSSR count). The molecule has 0 aliphatic heterocycles. The van der Waals surface area contributed by atoms with Crippen molar-refractivity contribution in [1.29, 1.82) is 0 Å². The summed E-state index contributed by atoms with van der Waals surface area (Å²) in [6.07, 6.45) is 0. The van der Waals surface area contributed by atoms with E-state index < -0.39 is 0 Å². The van der Waals surface area contributed by atoms with Gasteiger partial charge in [-0.05, 0) is 31.5 Å². The zero-order chi connectivity index (χ0) is 13.8. The summed E-state index contributed by atoms with van der Waals surface area (Å²) in [5.74, 6) is 7.55. The number of nitrogens with two attached hydrogens (primary N) is 1. The van der Waals surface area contributed by atoms with Crippen LogP contribution in [-0.2, 0) is 6.54 Å². The Morgan fingerprint density at radius 1 is 1.21 bits per heavy atom. The van der Waals surface area contributed by atoms with E-state index in [9.17, 15) is 0 Å². The molecule has 0 saturated heterocycles. The largest absolute Gasteiger partial charge is 0.366 e. The zero-order valence-corrected chi connectivity index (χ0v) is 12.5. The van der Waals surface area contributed by atoms with Crippen molar-refractivity contribution in [1.82, 2.24) is 9.97 Å². The van der Waals surface area contributed by atoms with Gasteiger partial charge in [0.15, 0.2) is 0 Å². The number of nitrogen functional groups attached to an aromatic ring is 1. The summed E-state index contributed by atoms with van der Waals surface area (Å²) in [7, 11) is 0. The first kappa shape index (κ1) is 13.8. The minimum atomic E-state index is 0.643. The van der Waals surface area contributed by atoms with E-state index in [1.165, 1.54) is 5.56 Å². The van der Waals surface area contributed by atoms with Gasteiger partial charge in [0.1, 0.15) is 17.5 Å². The fraction of sp³-hybridized carbons (Fsp3) is 0.231. The van der Waals surface area contributed by atoms with Gasteiger partial charge in [-0.15, -0.1) is 0 Å². The number of benzene rings is 1. The quantitative estimate of drug-likeness (QED) is 0.596. The molecule has 0 aliphatic rings. The predicted molar refractivity (Wildman–Crippen MR) is 80.8 cm³/mol. The van der Waals surface area contributed by atoms with Crippen LogP contribution in [0.15, 0.2) is 28.7 Å². The van der Waals surface area contributed by atoms with E-state index in [1.807, 2.05) is 26.0 Å². The van der Waals surface area contributed by atoms with Crippen molar-refractivity contribution in [3.63, 3.8) is 0 Å². The van der Waals surface area contributed by atoms with Crippen LogP contribution >= 0.6 is 15.9 Å². The van der Waals surface area contributed by atoms with Gasteiger partial charge in [-0.1, -0.05) is 28.1 Å². The second-order valence-corrected chi connectivity index (χ2v) is 5.14. The molecule has 5 nitrogen and oxygen atoms in total. The number of aromatic nitrogens is 2. The van der Waals surface area contributed by atoms with E-state index in [0.717, 1.165) is 15.9 Å². The molecule has 0 saturated carbocycles. The molecule has 1 heterocycles. The number of hydrogen-bond acceptors (Lipinski definition) is 5. The lowest BCUT2D eigenvalue weighted by Crippen LogP contribution is -2.14. The van der Waals surface area contributed by atoms with Crippen LogP contribution in [0, 0.1) is 13.8 Å². The Labute approximate surface area is 120 Å². The molecule has 0 unspecified atom stereocenters. The van der Waals surface area contributed by atoms with Gasteiger partial charge < -0.3 is 10.7 Å². The highest BCUT2D eigenvalue weighted by Gasteiger charge is 2.07. The molecular formula is C13H16BrN5. The Hall–Kier alpha value is -1.66. The third-order valence-corrected chi connectivity index (χ3v) is 3.24. The van der Waals surface area contributed by atoms with Crippen LogP contribution in [0.4, 0.5) is 11.6 Å². The number of hydrogen-bond donors (Lipinski definition) is 3. The highest BCUT2D eigenvalue weighted by Crippen LogP contribution is 2.20. The summed E-state index contributed by atoms with van der Waals surface area (Å²) in [6.45, 7) is 4.46. The van der Waals surface area contributed by atoms with E-state index >= 15 is 0 Å². The molecule has 0 bridgehead atoms. The Morgan fingerprint density at radius 2 is 1.95 bits per heavy atom. The molecule has 0 spiro atoms. The summed E-state index contributed by atoms with van der Waals surface area (Å²) in [4.78, 5) is 8.62. The highest BCUT2D eigenvalue weighted by atomic mass is 79.9. The van der Waals surface area contributed by atoms with Gasteiger partial charge in [0.05, 0.1) is 0 Å². The number of rotatable bonds is 4. The van der Waals surface area contributed by atoms with Gasteiger partial charge in [0.25, 0.3) is 0 Å². The van der Waals surface area contributed by atoms with Gasteiger partial charge in [-0.2, -0.15) is 0 Å². The van der Waals surface area contributed by atoms with Crippen molar-refractivity contribution < 1.29 is 0 Å². The Kier molecular flexibility index (Phi) is 4.34. The third kappa shape index (κ3) is 3.42. The molecule has 0 radical (unpaired) electrons. The van der Waals surface area contributed by atoms with Crippen molar-refractivity contribution in [2.45, 2.75) is 20.4 Å². The van der Waals surface area contributed by atoms with Crippen molar-refractivity contribution in [2.75, 3.05) is 10.7 Å². The summed E-state index contributed by atoms with van der Waals surface area (Å²) < 4.78 is 1.06. The van der Waals surface area contributed by atoms with Crippen LogP contribution in [0.3, 0.4) is 0 Å². The van der Waals surface area contributed by atoms with Gasteiger partial charge in [0, 0.05) is 16.6 Å². The minimum Gasteiger partial charge on any atom is -0.366 e. The average molecular weight is 322 g/mol. The van der Waals surface area contributed by atoms with Crippen molar-refractivity contribution in [2.24, 2.45) is 5.84 Å². The normalized spacial score (nSPS) is 10.3. The monoisotopic (exact) mass is 321 g/mol. The Morgan fingerprint density at radius 3 is 2.63 bits per heavy atom. The SMILES string of the molecule is Cc1nc(NN)c(C)c(NCc2cccc(Br)c2)n1. The van der Waals surface area contributed by atoms with Crippen molar-refractivity contribution >= 4 is 27.6 Å². The predicted octanol–water partition coefficient (Wildman–Crippen LogP) is 2.75. The second kappa shape index (κ2) is 5.99. The first-order chi connectivity index (χ1) is 9.10. The number of halogens is 1. The molecule has 2 aromatic rings. The maximum Gasteiger partial charge on any atom is 0.148 e. The molecule has 0 aliphatic carbocycles. The smallest absolute Gasteiger partial charge is 0.148 e. The third-order valence-electron chi connectivity index (χ3n) is 2.74.